The number of carbonyl (C=O) groups is 1. The van der Waals surface area contributed by atoms with Crippen LogP contribution >= 0.6 is 0 Å². The van der Waals surface area contributed by atoms with Crippen LogP contribution in [0.15, 0.2) is 60.9 Å². The summed E-state index contributed by atoms with van der Waals surface area (Å²) in [5.41, 5.74) is 3.82. The van der Waals surface area contributed by atoms with Crippen LogP contribution in [0.4, 0.5) is 0 Å². The van der Waals surface area contributed by atoms with Gasteiger partial charge in [-0.25, -0.2) is 4.98 Å². The molecule has 1 aliphatic rings. The van der Waals surface area contributed by atoms with Crippen LogP contribution in [-0.4, -0.2) is 62.1 Å². The molecule has 0 spiro atoms. The molecule has 1 fully saturated rings. The molecule has 4 aromatic rings. The molecule has 32 heavy (non-hydrogen) atoms. The first kappa shape index (κ1) is 20.1. The number of piperazine rings is 1. The minimum absolute atomic E-state index is 0.149. The van der Waals surface area contributed by atoms with Crippen molar-refractivity contribution in [2.24, 2.45) is 0 Å². The Labute approximate surface area is 185 Å². The topological polar surface area (TPSA) is 87.2 Å². The van der Waals surface area contributed by atoms with Crippen molar-refractivity contribution in [1.82, 2.24) is 30.0 Å². The van der Waals surface area contributed by atoms with Crippen molar-refractivity contribution in [3.8, 4) is 22.9 Å². The molecule has 0 saturated carbocycles. The molecule has 5 rings (SSSR count). The third-order valence-corrected chi connectivity index (χ3v) is 5.69. The zero-order valence-corrected chi connectivity index (χ0v) is 17.9. The normalized spacial score (nSPS) is 14.6. The average molecular weight is 428 g/mol. The molecule has 3 aromatic heterocycles. The lowest BCUT2D eigenvalue weighted by molar-refractivity contribution is -0.130. The molecule has 1 aliphatic heterocycles. The molecule has 1 N–H and O–H groups in total. The number of ether oxygens (including phenoxy) is 1. The van der Waals surface area contributed by atoms with E-state index in [0.29, 0.717) is 11.6 Å². The quantitative estimate of drug-likeness (QED) is 0.524. The van der Waals surface area contributed by atoms with Gasteiger partial charge in [0.2, 0.25) is 11.8 Å². The van der Waals surface area contributed by atoms with E-state index in [4.69, 9.17) is 9.72 Å². The average Bonchev–Trinajstić information content (AvgIpc) is 3.35. The first-order valence-corrected chi connectivity index (χ1v) is 10.7. The van der Waals surface area contributed by atoms with Crippen LogP contribution in [0, 0.1) is 0 Å². The van der Waals surface area contributed by atoms with Gasteiger partial charge >= 0.3 is 0 Å². The van der Waals surface area contributed by atoms with Crippen molar-refractivity contribution in [3.05, 3.63) is 66.6 Å². The number of hydrogen-bond acceptors (Lipinski definition) is 6. The van der Waals surface area contributed by atoms with Gasteiger partial charge in [0, 0.05) is 69.1 Å². The third kappa shape index (κ3) is 4.45. The fourth-order valence-electron chi connectivity index (χ4n) is 3.88. The van der Waals surface area contributed by atoms with Gasteiger partial charge in [0.1, 0.15) is 5.75 Å². The first-order chi connectivity index (χ1) is 15.6. The molecule has 1 amide bonds. The van der Waals surface area contributed by atoms with Gasteiger partial charge in [-0.15, -0.1) is 0 Å². The van der Waals surface area contributed by atoms with Gasteiger partial charge in [0.15, 0.2) is 0 Å². The number of aromatic nitrogens is 4. The molecule has 0 unspecified atom stereocenters. The fourth-order valence-corrected chi connectivity index (χ4v) is 3.88. The summed E-state index contributed by atoms with van der Waals surface area (Å²) in [4.78, 5) is 24.9. The maximum absolute atomic E-state index is 11.5. The summed E-state index contributed by atoms with van der Waals surface area (Å²) in [7, 11) is 0. The molecule has 0 bridgehead atoms. The Bertz CT molecular complexity index is 1220. The molecule has 0 radical (unpaired) electrons. The molecular formula is C24H24N6O2. The van der Waals surface area contributed by atoms with Gasteiger partial charge in [-0.3, -0.25) is 19.8 Å². The molecular weight excluding hydrogens is 404 g/mol. The molecule has 0 aliphatic carbocycles. The van der Waals surface area contributed by atoms with Crippen molar-refractivity contribution in [1.29, 1.82) is 0 Å². The summed E-state index contributed by atoms with van der Waals surface area (Å²) in [6.07, 6.45) is 3.47. The van der Waals surface area contributed by atoms with E-state index in [0.717, 1.165) is 60.6 Å². The van der Waals surface area contributed by atoms with E-state index in [1.807, 2.05) is 41.3 Å². The standard InChI is InChI=1S/C24H24N6O2/c1-17(31)30-12-10-29(11-13-30)16-20-4-2-18-14-21(5-6-22(18)27-20)32-24-7-3-19(15-25-24)23-8-9-26-28-23/h2-9,14-15H,10-13,16H2,1H3,(H,26,28). The minimum atomic E-state index is 0.149. The first-order valence-electron chi connectivity index (χ1n) is 10.7. The van der Waals surface area contributed by atoms with Crippen LogP contribution in [0.5, 0.6) is 11.6 Å². The van der Waals surface area contributed by atoms with E-state index >= 15 is 0 Å². The fraction of sp³-hybridized carbons (Fsp3) is 0.250. The highest BCUT2D eigenvalue weighted by molar-refractivity contribution is 5.80. The zero-order valence-electron chi connectivity index (χ0n) is 17.9. The number of rotatable bonds is 5. The number of pyridine rings is 2. The second-order valence-corrected chi connectivity index (χ2v) is 7.90. The van der Waals surface area contributed by atoms with Crippen molar-refractivity contribution in [2.45, 2.75) is 13.5 Å². The molecule has 0 atom stereocenters. The summed E-state index contributed by atoms with van der Waals surface area (Å²) < 4.78 is 5.93. The Kier molecular flexibility index (Phi) is 5.51. The van der Waals surface area contributed by atoms with E-state index in [2.05, 4.69) is 32.2 Å². The van der Waals surface area contributed by atoms with E-state index in [1.54, 1.807) is 19.3 Å². The van der Waals surface area contributed by atoms with Gasteiger partial charge in [-0.1, -0.05) is 6.07 Å². The Hall–Kier alpha value is -3.78. The van der Waals surface area contributed by atoms with Crippen LogP contribution < -0.4 is 4.74 Å². The van der Waals surface area contributed by atoms with E-state index in [-0.39, 0.29) is 5.91 Å². The predicted octanol–water partition coefficient (Wildman–Crippen LogP) is 3.48. The van der Waals surface area contributed by atoms with Gasteiger partial charge in [-0.2, -0.15) is 5.10 Å². The zero-order chi connectivity index (χ0) is 21.9. The molecule has 8 nitrogen and oxygen atoms in total. The number of hydrogen-bond donors (Lipinski definition) is 1. The van der Waals surface area contributed by atoms with E-state index in [1.165, 1.54) is 0 Å². The minimum Gasteiger partial charge on any atom is -0.439 e. The number of amides is 1. The van der Waals surface area contributed by atoms with Crippen molar-refractivity contribution in [2.75, 3.05) is 26.2 Å². The number of nitrogens with zero attached hydrogens (tertiary/aromatic N) is 5. The molecule has 1 saturated heterocycles. The number of nitrogens with one attached hydrogen (secondary N) is 1. The molecule has 4 heterocycles. The summed E-state index contributed by atoms with van der Waals surface area (Å²) in [6.45, 7) is 5.72. The van der Waals surface area contributed by atoms with Crippen LogP contribution in [-0.2, 0) is 11.3 Å². The molecule has 8 heteroatoms. The van der Waals surface area contributed by atoms with Crippen LogP contribution in [0.3, 0.4) is 0 Å². The molecule has 162 valence electrons. The highest BCUT2D eigenvalue weighted by Crippen LogP contribution is 2.26. The lowest BCUT2D eigenvalue weighted by atomic mass is 10.2. The Morgan fingerprint density at radius 1 is 1.06 bits per heavy atom. The van der Waals surface area contributed by atoms with E-state index < -0.39 is 0 Å². The van der Waals surface area contributed by atoms with E-state index in [9.17, 15) is 4.79 Å². The Balaban J connectivity index is 1.24. The van der Waals surface area contributed by atoms with Crippen molar-refractivity contribution in [3.63, 3.8) is 0 Å². The van der Waals surface area contributed by atoms with Crippen LogP contribution in [0.1, 0.15) is 12.6 Å². The van der Waals surface area contributed by atoms with Crippen LogP contribution in [0.2, 0.25) is 0 Å². The smallest absolute Gasteiger partial charge is 0.219 e. The van der Waals surface area contributed by atoms with Gasteiger partial charge in [0.05, 0.1) is 16.9 Å². The Morgan fingerprint density at radius 3 is 2.66 bits per heavy atom. The van der Waals surface area contributed by atoms with Gasteiger partial charge in [-0.05, 0) is 36.4 Å². The number of fused-ring (bicyclic) bond motifs is 1. The highest BCUT2D eigenvalue weighted by atomic mass is 16.5. The highest BCUT2D eigenvalue weighted by Gasteiger charge is 2.18. The lowest BCUT2D eigenvalue weighted by Gasteiger charge is -2.33. The number of H-pyrrole nitrogens is 1. The van der Waals surface area contributed by atoms with Crippen molar-refractivity contribution < 1.29 is 9.53 Å². The second-order valence-electron chi connectivity index (χ2n) is 7.90. The Morgan fingerprint density at radius 2 is 1.94 bits per heavy atom. The largest absolute Gasteiger partial charge is 0.439 e. The van der Waals surface area contributed by atoms with Crippen LogP contribution in [0.25, 0.3) is 22.2 Å². The molecule has 1 aromatic carbocycles. The number of carbonyl (C=O) groups excluding carboxylic acids is 1. The monoisotopic (exact) mass is 428 g/mol. The summed E-state index contributed by atoms with van der Waals surface area (Å²) in [5.74, 6) is 1.39. The maximum atomic E-state index is 11.5. The predicted molar refractivity (Wildman–Crippen MR) is 121 cm³/mol. The SMILES string of the molecule is CC(=O)N1CCN(Cc2ccc3cc(Oc4ccc(-c5ccn[nH]5)cn4)ccc3n2)CC1. The third-order valence-electron chi connectivity index (χ3n) is 5.69. The maximum Gasteiger partial charge on any atom is 0.219 e. The van der Waals surface area contributed by atoms with Gasteiger partial charge in [0.25, 0.3) is 0 Å². The summed E-state index contributed by atoms with van der Waals surface area (Å²) in [5, 5.41) is 7.90. The number of aromatic amines is 1. The van der Waals surface area contributed by atoms with Crippen molar-refractivity contribution >= 4 is 16.8 Å². The summed E-state index contributed by atoms with van der Waals surface area (Å²) in [6, 6.07) is 15.7. The van der Waals surface area contributed by atoms with Gasteiger partial charge < -0.3 is 9.64 Å². The lowest BCUT2D eigenvalue weighted by Crippen LogP contribution is -2.47. The number of benzene rings is 1. The second kappa shape index (κ2) is 8.76. The summed E-state index contributed by atoms with van der Waals surface area (Å²) >= 11 is 0.